The van der Waals surface area contributed by atoms with Crippen LogP contribution in [0.3, 0.4) is 0 Å². The van der Waals surface area contributed by atoms with Crippen molar-refractivity contribution in [3.63, 3.8) is 0 Å². The van der Waals surface area contributed by atoms with Crippen LogP contribution in [-0.2, 0) is 9.53 Å². The van der Waals surface area contributed by atoms with Crippen LogP contribution in [0.4, 0.5) is 0 Å². The fourth-order valence-corrected chi connectivity index (χ4v) is 2.25. The van der Waals surface area contributed by atoms with Crippen molar-refractivity contribution in [1.82, 2.24) is 5.32 Å². The monoisotopic (exact) mass is 242 g/mol. The van der Waals surface area contributed by atoms with E-state index in [1.807, 2.05) is 26.0 Å². The third kappa shape index (κ3) is 3.30. The lowest BCUT2D eigenvalue weighted by molar-refractivity contribution is -0.131. The second-order valence-electron chi connectivity index (χ2n) is 3.64. The molecule has 0 radical (unpaired) electrons. The minimum absolute atomic E-state index is 0.00426. The molecule has 0 bridgehead atoms. The second kappa shape index (κ2) is 5.98. The van der Waals surface area contributed by atoms with Gasteiger partial charge in [-0.2, -0.15) is 0 Å². The van der Waals surface area contributed by atoms with Crippen LogP contribution in [0.25, 0.3) is 0 Å². The van der Waals surface area contributed by atoms with Crippen LogP contribution in [-0.4, -0.2) is 25.7 Å². The summed E-state index contributed by atoms with van der Waals surface area (Å²) in [6, 6.07) is 4.06. The van der Waals surface area contributed by atoms with Gasteiger partial charge in [-0.05, 0) is 26.0 Å². The normalized spacial score (nSPS) is 14.5. The molecule has 0 saturated heterocycles. The van der Waals surface area contributed by atoms with Crippen LogP contribution < -0.4 is 11.1 Å². The van der Waals surface area contributed by atoms with E-state index in [1.165, 1.54) is 12.0 Å². The van der Waals surface area contributed by atoms with E-state index in [0.717, 1.165) is 4.88 Å². The summed E-state index contributed by atoms with van der Waals surface area (Å²) in [5.74, 6) is -0.163. The van der Waals surface area contributed by atoms with Crippen molar-refractivity contribution in [3.05, 3.63) is 21.9 Å². The zero-order valence-corrected chi connectivity index (χ0v) is 10.6. The van der Waals surface area contributed by atoms with Crippen molar-refractivity contribution < 1.29 is 9.53 Å². The maximum atomic E-state index is 11.7. The van der Waals surface area contributed by atoms with Crippen LogP contribution in [0.5, 0.6) is 0 Å². The van der Waals surface area contributed by atoms with Crippen molar-refractivity contribution in [3.8, 4) is 0 Å². The summed E-state index contributed by atoms with van der Waals surface area (Å²) >= 11 is 1.68. The molecule has 0 aliphatic carbocycles. The van der Waals surface area contributed by atoms with Gasteiger partial charge >= 0.3 is 0 Å². The molecule has 0 saturated carbocycles. The predicted molar refractivity (Wildman–Crippen MR) is 65.5 cm³/mol. The van der Waals surface area contributed by atoms with Gasteiger partial charge in [0, 0.05) is 23.4 Å². The Kier molecular flexibility index (Phi) is 4.92. The lowest BCUT2D eigenvalue weighted by atomic mass is 10.2. The number of thiophene rings is 1. The van der Waals surface area contributed by atoms with Crippen molar-refractivity contribution in [2.75, 3.05) is 13.7 Å². The Labute approximate surface area is 99.8 Å². The highest BCUT2D eigenvalue weighted by molar-refractivity contribution is 7.12. The zero-order chi connectivity index (χ0) is 12.1. The highest BCUT2D eigenvalue weighted by Gasteiger charge is 2.18. The first-order valence-electron chi connectivity index (χ1n) is 5.18. The Morgan fingerprint density at radius 3 is 2.75 bits per heavy atom. The van der Waals surface area contributed by atoms with Gasteiger partial charge in [-0.15, -0.1) is 11.3 Å². The molecule has 16 heavy (non-hydrogen) atoms. The Balaban J connectivity index is 2.57. The molecule has 0 fully saturated rings. The molecule has 1 aromatic heterocycles. The van der Waals surface area contributed by atoms with Crippen molar-refractivity contribution in [1.29, 1.82) is 0 Å². The van der Waals surface area contributed by atoms with Gasteiger partial charge in [0.15, 0.2) is 0 Å². The molecule has 0 aliphatic heterocycles. The average Bonchev–Trinajstić information content (AvgIpc) is 2.66. The fraction of sp³-hybridized carbons (Fsp3) is 0.545. The lowest BCUT2D eigenvalue weighted by Gasteiger charge is -2.17. The first-order chi connectivity index (χ1) is 7.58. The summed E-state index contributed by atoms with van der Waals surface area (Å²) in [7, 11) is 1.48. The molecule has 4 nitrogen and oxygen atoms in total. The number of aryl methyl sites for hydroxylation is 1. The number of nitrogens with one attached hydrogen (secondary N) is 1. The molecule has 2 unspecified atom stereocenters. The average molecular weight is 242 g/mol. The highest BCUT2D eigenvalue weighted by atomic mass is 32.1. The van der Waals surface area contributed by atoms with E-state index in [1.54, 1.807) is 11.3 Å². The first-order valence-corrected chi connectivity index (χ1v) is 5.99. The number of amides is 1. The number of rotatable bonds is 5. The SMILES string of the molecule is COC(CN)C(=O)NC(C)c1ccc(C)s1. The third-order valence-electron chi connectivity index (χ3n) is 2.34. The quantitative estimate of drug-likeness (QED) is 0.815. The molecule has 1 aromatic rings. The predicted octanol–water partition coefficient (Wildman–Crippen LogP) is 1.21. The van der Waals surface area contributed by atoms with E-state index in [9.17, 15) is 4.79 Å². The van der Waals surface area contributed by atoms with E-state index in [2.05, 4.69) is 5.32 Å². The van der Waals surface area contributed by atoms with Gasteiger partial charge in [-0.3, -0.25) is 4.79 Å². The molecule has 1 amide bonds. The van der Waals surface area contributed by atoms with Crippen molar-refractivity contribution in [2.45, 2.75) is 26.0 Å². The molecular weight excluding hydrogens is 224 g/mol. The van der Waals surface area contributed by atoms with Crippen LogP contribution >= 0.6 is 11.3 Å². The number of hydrogen-bond acceptors (Lipinski definition) is 4. The van der Waals surface area contributed by atoms with Crippen LogP contribution in [0.15, 0.2) is 12.1 Å². The van der Waals surface area contributed by atoms with E-state index in [-0.39, 0.29) is 18.5 Å². The summed E-state index contributed by atoms with van der Waals surface area (Å²) in [6.45, 7) is 4.19. The molecule has 0 spiro atoms. The largest absolute Gasteiger partial charge is 0.370 e. The summed E-state index contributed by atoms with van der Waals surface area (Å²) in [5, 5.41) is 2.88. The molecule has 1 rings (SSSR count). The Morgan fingerprint density at radius 1 is 1.62 bits per heavy atom. The van der Waals surface area contributed by atoms with E-state index in [4.69, 9.17) is 10.5 Å². The van der Waals surface area contributed by atoms with Gasteiger partial charge in [0.1, 0.15) is 6.10 Å². The Hall–Kier alpha value is -0.910. The van der Waals surface area contributed by atoms with E-state index >= 15 is 0 Å². The number of carbonyl (C=O) groups excluding carboxylic acids is 1. The molecule has 90 valence electrons. The van der Waals surface area contributed by atoms with Gasteiger partial charge in [0.25, 0.3) is 5.91 Å². The topological polar surface area (TPSA) is 64.3 Å². The maximum Gasteiger partial charge on any atom is 0.250 e. The van der Waals surface area contributed by atoms with E-state index in [0.29, 0.717) is 0 Å². The third-order valence-corrected chi connectivity index (χ3v) is 3.52. The van der Waals surface area contributed by atoms with Gasteiger partial charge in [0.05, 0.1) is 6.04 Å². The summed E-state index contributed by atoms with van der Waals surface area (Å²) in [4.78, 5) is 14.1. The van der Waals surface area contributed by atoms with Crippen LogP contribution in [0.2, 0.25) is 0 Å². The molecule has 0 aromatic carbocycles. The van der Waals surface area contributed by atoms with Crippen molar-refractivity contribution >= 4 is 17.2 Å². The van der Waals surface area contributed by atoms with Gasteiger partial charge in [-0.1, -0.05) is 0 Å². The summed E-state index contributed by atoms with van der Waals surface area (Å²) < 4.78 is 4.97. The maximum absolute atomic E-state index is 11.7. The number of nitrogens with two attached hydrogens (primary N) is 1. The van der Waals surface area contributed by atoms with Crippen molar-refractivity contribution in [2.24, 2.45) is 5.73 Å². The first kappa shape index (κ1) is 13.2. The molecule has 1 heterocycles. The molecule has 5 heteroatoms. The minimum Gasteiger partial charge on any atom is -0.370 e. The smallest absolute Gasteiger partial charge is 0.250 e. The zero-order valence-electron chi connectivity index (χ0n) is 9.82. The highest BCUT2D eigenvalue weighted by Crippen LogP contribution is 2.22. The minimum atomic E-state index is -0.566. The number of carbonyl (C=O) groups is 1. The van der Waals surface area contributed by atoms with Gasteiger partial charge in [-0.25, -0.2) is 0 Å². The lowest BCUT2D eigenvalue weighted by Crippen LogP contribution is -2.41. The van der Waals surface area contributed by atoms with Crippen LogP contribution in [0, 0.1) is 6.92 Å². The number of methoxy groups -OCH3 is 1. The van der Waals surface area contributed by atoms with E-state index < -0.39 is 6.10 Å². The molecule has 0 aliphatic rings. The van der Waals surface area contributed by atoms with Crippen LogP contribution in [0.1, 0.15) is 22.7 Å². The Morgan fingerprint density at radius 2 is 2.31 bits per heavy atom. The molecule has 3 N–H and O–H groups in total. The summed E-state index contributed by atoms with van der Waals surface area (Å²) in [6.07, 6.45) is -0.566. The number of ether oxygens (including phenoxy) is 1. The molecule has 2 atom stereocenters. The summed E-state index contributed by atoms with van der Waals surface area (Å²) in [5.41, 5.74) is 5.42. The second-order valence-corrected chi connectivity index (χ2v) is 4.96. The number of hydrogen-bond donors (Lipinski definition) is 2. The van der Waals surface area contributed by atoms with Gasteiger partial charge < -0.3 is 15.8 Å². The molecular formula is C11H18N2O2S. The van der Waals surface area contributed by atoms with Gasteiger partial charge in [0.2, 0.25) is 0 Å². The Bertz CT molecular complexity index is 348. The standard InChI is InChI=1S/C11H18N2O2S/c1-7-4-5-10(16-7)8(2)13-11(14)9(6-12)15-3/h4-5,8-9H,6,12H2,1-3H3,(H,13,14). The fourth-order valence-electron chi connectivity index (χ4n) is 1.37.